The van der Waals surface area contributed by atoms with Crippen LogP contribution in [0.25, 0.3) is 0 Å². The minimum absolute atomic E-state index is 0.0130. The molecule has 3 unspecified atom stereocenters. The molecule has 0 heterocycles. The second-order valence-corrected chi connectivity index (χ2v) is 18.8. The Bertz CT molecular complexity index is 1200. The number of rotatable bonds is 43. The van der Waals surface area contributed by atoms with Crippen molar-refractivity contribution in [3.8, 4) is 0 Å². The summed E-state index contributed by atoms with van der Waals surface area (Å²) in [5.74, 6) is -0.220. The lowest BCUT2D eigenvalue weighted by molar-refractivity contribution is -0.870. The topological polar surface area (TPSA) is 108 Å². The van der Waals surface area contributed by atoms with Gasteiger partial charge in [-0.05, 0) is 83.5 Å². The number of allylic oxidation sites excluding steroid dienone is 11. The maximum Gasteiger partial charge on any atom is 0.268 e. The largest absolute Gasteiger partial charge is 0.756 e. The number of nitrogens with zero attached hydrogens (tertiary/aromatic N) is 1. The molecule has 0 aliphatic carbocycles. The Kier molecular flexibility index (Phi) is 40.8. The van der Waals surface area contributed by atoms with Gasteiger partial charge in [0, 0.05) is 6.42 Å². The number of carbonyl (C=O) groups is 1. The van der Waals surface area contributed by atoms with Gasteiger partial charge in [0.2, 0.25) is 5.91 Å². The summed E-state index contributed by atoms with van der Waals surface area (Å²) in [7, 11) is 1.22. The standard InChI is InChI=1S/C51H93N2O6P/c1-6-8-10-12-14-16-18-20-21-22-23-24-25-26-27-28-29-30-31-33-35-37-39-41-43-45-51(55)52-49(48-59-60(56,57)58-47-46-53(3,4)5)50(54)44-42-40-38-36-34-32-19-17-15-13-11-9-7-2/h15,17-18,20,22-23,25-26,34,36,42,44,49-50,54H,6-14,16,19,21,24,27-33,35,37-41,43,45-48H2,1-5H3,(H-,52,55,56,57)/b17-15+,20-18-,23-22-,26-25-,36-34+,44-42+. The maximum atomic E-state index is 12.9. The summed E-state index contributed by atoms with van der Waals surface area (Å²) >= 11 is 0. The molecular formula is C51H93N2O6P. The zero-order valence-corrected chi connectivity index (χ0v) is 40.3. The van der Waals surface area contributed by atoms with Crippen LogP contribution in [0.3, 0.4) is 0 Å². The molecule has 0 saturated carbocycles. The minimum atomic E-state index is -4.60. The van der Waals surface area contributed by atoms with Gasteiger partial charge in [0.15, 0.2) is 0 Å². The molecule has 3 atom stereocenters. The second kappa shape index (κ2) is 42.3. The molecule has 0 aromatic rings. The van der Waals surface area contributed by atoms with Crippen LogP contribution in [0, 0.1) is 0 Å². The van der Waals surface area contributed by atoms with E-state index in [9.17, 15) is 19.4 Å². The van der Waals surface area contributed by atoms with Crippen molar-refractivity contribution in [1.82, 2.24) is 5.32 Å². The van der Waals surface area contributed by atoms with Gasteiger partial charge in [-0.1, -0.05) is 177 Å². The minimum Gasteiger partial charge on any atom is -0.756 e. The predicted molar refractivity (Wildman–Crippen MR) is 256 cm³/mol. The normalized spacial score (nSPS) is 14.8. The lowest BCUT2D eigenvalue weighted by atomic mass is 10.0. The number of aliphatic hydroxyl groups is 1. The number of aliphatic hydroxyl groups excluding tert-OH is 1. The highest BCUT2D eigenvalue weighted by molar-refractivity contribution is 7.45. The van der Waals surface area contributed by atoms with Crippen molar-refractivity contribution < 1.29 is 32.9 Å². The van der Waals surface area contributed by atoms with E-state index in [1.807, 2.05) is 27.2 Å². The molecule has 0 bridgehead atoms. The summed E-state index contributed by atoms with van der Waals surface area (Å²) < 4.78 is 23.2. The van der Waals surface area contributed by atoms with E-state index < -0.39 is 26.6 Å². The van der Waals surface area contributed by atoms with Crippen LogP contribution in [0.5, 0.6) is 0 Å². The summed E-state index contributed by atoms with van der Waals surface area (Å²) in [6, 6.07) is -0.914. The first-order valence-electron chi connectivity index (χ1n) is 24.3. The van der Waals surface area contributed by atoms with Gasteiger partial charge in [-0.3, -0.25) is 9.36 Å². The quantitative estimate of drug-likeness (QED) is 0.0274. The number of quaternary nitrogens is 1. The third kappa shape index (κ3) is 44.0. The molecule has 348 valence electrons. The molecule has 60 heavy (non-hydrogen) atoms. The molecule has 0 aromatic carbocycles. The average molecular weight is 861 g/mol. The van der Waals surface area contributed by atoms with Crippen LogP contribution < -0.4 is 10.2 Å². The van der Waals surface area contributed by atoms with Crippen molar-refractivity contribution in [3.05, 3.63) is 72.9 Å². The zero-order valence-electron chi connectivity index (χ0n) is 39.4. The molecule has 0 aliphatic rings. The van der Waals surface area contributed by atoms with Crippen LogP contribution in [0.1, 0.15) is 194 Å². The van der Waals surface area contributed by atoms with Gasteiger partial charge in [0.1, 0.15) is 13.2 Å². The number of carbonyl (C=O) groups excluding carboxylic acids is 1. The molecule has 0 aliphatic heterocycles. The van der Waals surface area contributed by atoms with Crippen LogP contribution in [-0.4, -0.2) is 68.5 Å². The smallest absolute Gasteiger partial charge is 0.268 e. The lowest BCUT2D eigenvalue weighted by Crippen LogP contribution is -2.45. The van der Waals surface area contributed by atoms with Gasteiger partial charge in [0.25, 0.3) is 7.82 Å². The third-order valence-electron chi connectivity index (χ3n) is 10.4. The van der Waals surface area contributed by atoms with Gasteiger partial charge in [0.05, 0.1) is 39.9 Å². The number of hydrogen-bond donors (Lipinski definition) is 2. The van der Waals surface area contributed by atoms with Crippen molar-refractivity contribution in [2.75, 3.05) is 40.9 Å². The molecule has 0 spiro atoms. The average Bonchev–Trinajstić information content (AvgIpc) is 3.20. The van der Waals surface area contributed by atoms with E-state index in [0.29, 0.717) is 17.4 Å². The van der Waals surface area contributed by atoms with E-state index in [0.717, 1.165) is 64.2 Å². The summed E-state index contributed by atoms with van der Waals surface area (Å²) in [6.07, 6.45) is 56.7. The Morgan fingerprint density at radius 3 is 1.50 bits per heavy atom. The fraction of sp³-hybridized carbons (Fsp3) is 0.745. The summed E-state index contributed by atoms with van der Waals surface area (Å²) in [5.41, 5.74) is 0. The molecule has 0 fully saturated rings. The van der Waals surface area contributed by atoms with Gasteiger partial charge in [-0.15, -0.1) is 0 Å². The van der Waals surface area contributed by atoms with E-state index in [1.54, 1.807) is 6.08 Å². The number of likely N-dealkylation sites (N-methyl/N-ethyl adjacent to an activating group) is 1. The monoisotopic (exact) mass is 861 g/mol. The van der Waals surface area contributed by atoms with Crippen molar-refractivity contribution in [2.24, 2.45) is 0 Å². The summed E-state index contributed by atoms with van der Waals surface area (Å²) in [4.78, 5) is 25.3. The zero-order chi connectivity index (χ0) is 44.3. The molecular weight excluding hydrogens is 768 g/mol. The predicted octanol–water partition coefficient (Wildman–Crippen LogP) is 13.3. The molecule has 2 N–H and O–H groups in total. The number of phosphoric acid groups is 1. The first-order chi connectivity index (χ1) is 29.0. The van der Waals surface area contributed by atoms with Gasteiger partial charge in [-0.25, -0.2) is 0 Å². The molecule has 0 rings (SSSR count). The second-order valence-electron chi connectivity index (χ2n) is 17.4. The van der Waals surface area contributed by atoms with Crippen molar-refractivity contribution >= 4 is 13.7 Å². The highest BCUT2D eigenvalue weighted by atomic mass is 31.2. The van der Waals surface area contributed by atoms with E-state index in [1.165, 1.54) is 109 Å². The Hall–Kier alpha value is -2.06. The number of unbranched alkanes of at least 4 members (excludes halogenated alkanes) is 20. The Morgan fingerprint density at radius 2 is 0.983 bits per heavy atom. The molecule has 0 saturated heterocycles. The van der Waals surface area contributed by atoms with E-state index in [-0.39, 0.29) is 12.5 Å². The number of nitrogens with one attached hydrogen (secondary N) is 1. The number of hydrogen-bond acceptors (Lipinski definition) is 6. The molecule has 0 radical (unpaired) electrons. The van der Waals surface area contributed by atoms with Crippen molar-refractivity contribution in [2.45, 2.75) is 206 Å². The van der Waals surface area contributed by atoms with Crippen molar-refractivity contribution in [1.29, 1.82) is 0 Å². The Morgan fingerprint density at radius 1 is 0.583 bits per heavy atom. The fourth-order valence-electron chi connectivity index (χ4n) is 6.48. The fourth-order valence-corrected chi connectivity index (χ4v) is 7.21. The highest BCUT2D eigenvalue weighted by Crippen LogP contribution is 2.38. The number of amides is 1. The number of phosphoric ester groups is 1. The van der Waals surface area contributed by atoms with Crippen LogP contribution in [0.4, 0.5) is 0 Å². The van der Waals surface area contributed by atoms with Crippen LogP contribution in [0.2, 0.25) is 0 Å². The maximum absolute atomic E-state index is 12.9. The molecule has 0 aromatic heterocycles. The van der Waals surface area contributed by atoms with Gasteiger partial charge >= 0.3 is 0 Å². The van der Waals surface area contributed by atoms with Gasteiger partial charge in [-0.2, -0.15) is 0 Å². The molecule has 9 heteroatoms. The Labute approximate surface area is 370 Å². The van der Waals surface area contributed by atoms with Crippen molar-refractivity contribution in [3.63, 3.8) is 0 Å². The van der Waals surface area contributed by atoms with E-state index in [2.05, 4.69) is 79.9 Å². The first-order valence-corrected chi connectivity index (χ1v) is 25.8. The lowest BCUT2D eigenvalue weighted by Gasteiger charge is -2.29. The van der Waals surface area contributed by atoms with Gasteiger partial charge < -0.3 is 28.8 Å². The van der Waals surface area contributed by atoms with Crippen LogP contribution in [0.15, 0.2) is 72.9 Å². The Balaban J connectivity index is 4.32. The van der Waals surface area contributed by atoms with E-state index in [4.69, 9.17) is 9.05 Å². The summed E-state index contributed by atoms with van der Waals surface area (Å²) in [6.45, 7) is 4.55. The molecule has 8 nitrogen and oxygen atoms in total. The van der Waals surface area contributed by atoms with Crippen LogP contribution in [-0.2, 0) is 18.4 Å². The van der Waals surface area contributed by atoms with Crippen LogP contribution >= 0.6 is 7.82 Å². The molecule has 1 amide bonds. The highest BCUT2D eigenvalue weighted by Gasteiger charge is 2.23. The van der Waals surface area contributed by atoms with E-state index >= 15 is 0 Å². The summed E-state index contributed by atoms with van der Waals surface area (Å²) in [5, 5.41) is 13.8. The third-order valence-corrected chi connectivity index (χ3v) is 11.3. The SMILES string of the molecule is CCCCC/C=C/CC/C=C/CC/C=C/C(O)C(COP(=O)([O-])OCC[N+](C)(C)C)NC(=O)CCCCCCCCCCCC/C=C\C/C=C\C/C=C\CCCCCCC. The first kappa shape index (κ1) is 57.9.